The van der Waals surface area contributed by atoms with Gasteiger partial charge in [0.15, 0.2) is 0 Å². The summed E-state index contributed by atoms with van der Waals surface area (Å²) in [7, 11) is 0. The summed E-state index contributed by atoms with van der Waals surface area (Å²) in [6.07, 6.45) is 0.683. The fraction of sp³-hybridized carbons (Fsp3) is 0.111. The zero-order valence-corrected chi connectivity index (χ0v) is 15.3. The van der Waals surface area contributed by atoms with Crippen LogP contribution < -0.4 is 10.6 Å². The molecule has 3 rings (SSSR count). The average molecular weight is 404 g/mol. The van der Waals surface area contributed by atoms with E-state index in [9.17, 15) is 23.5 Å². The van der Waals surface area contributed by atoms with E-state index >= 15 is 0 Å². The Morgan fingerprint density at radius 2 is 1.75 bits per heavy atom. The standard InChI is InChI=1S/C18H14F2N4O3S/c1-2-15-23-24-18(28-15)22-17(27)13-4-3-12(8-14(13)25)21-16(26)9-5-10(19)7-11(20)6-9/h3-8,25H,2H2,1H3,(H,21,26)(H,22,24,27). The van der Waals surface area contributed by atoms with Crippen LogP contribution in [0, 0.1) is 11.6 Å². The summed E-state index contributed by atoms with van der Waals surface area (Å²) < 4.78 is 26.4. The van der Waals surface area contributed by atoms with Crippen LogP contribution in [0.2, 0.25) is 0 Å². The number of aryl methyl sites for hydroxylation is 1. The number of benzene rings is 2. The molecule has 0 saturated heterocycles. The Balaban J connectivity index is 1.72. The van der Waals surface area contributed by atoms with Crippen molar-refractivity contribution in [3.8, 4) is 5.75 Å². The predicted molar refractivity (Wildman–Crippen MR) is 99.7 cm³/mol. The number of nitrogens with zero attached hydrogens (tertiary/aromatic N) is 2. The summed E-state index contributed by atoms with van der Waals surface area (Å²) >= 11 is 1.22. The van der Waals surface area contributed by atoms with Gasteiger partial charge in [-0.25, -0.2) is 8.78 Å². The van der Waals surface area contributed by atoms with Gasteiger partial charge in [-0.1, -0.05) is 18.3 Å². The van der Waals surface area contributed by atoms with Crippen LogP contribution in [0.4, 0.5) is 19.6 Å². The van der Waals surface area contributed by atoms with E-state index in [4.69, 9.17) is 0 Å². The fourth-order valence-corrected chi connectivity index (χ4v) is 2.98. The predicted octanol–water partition coefficient (Wildman–Crippen LogP) is 3.59. The second kappa shape index (κ2) is 8.09. The summed E-state index contributed by atoms with van der Waals surface area (Å²) in [6.45, 7) is 1.91. The Morgan fingerprint density at radius 3 is 2.36 bits per heavy atom. The lowest BCUT2D eigenvalue weighted by Crippen LogP contribution is -2.14. The van der Waals surface area contributed by atoms with Crippen LogP contribution in [0.25, 0.3) is 0 Å². The zero-order chi connectivity index (χ0) is 20.3. The number of phenols is 1. The minimum atomic E-state index is -0.886. The Morgan fingerprint density at radius 1 is 1.04 bits per heavy atom. The number of rotatable bonds is 5. The van der Waals surface area contributed by atoms with E-state index in [2.05, 4.69) is 20.8 Å². The molecule has 28 heavy (non-hydrogen) atoms. The highest BCUT2D eigenvalue weighted by atomic mass is 32.1. The number of aromatic nitrogens is 2. The van der Waals surface area contributed by atoms with Crippen LogP contribution >= 0.6 is 11.3 Å². The molecular formula is C18H14F2N4O3S. The van der Waals surface area contributed by atoms with Gasteiger partial charge in [-0.2, -0.15) is 0 Å². The Hall–Kier alpha value is -3.40. The highest BCUT2D eigenvalue weighted by Crippen LogP contribution is 2.24. The van der Waals surface area contributed by atoms with Crippen LogP contribution in [0.3, 0.4) is 0 Å². The van der Waals surface area contributed by atoms with E-state index in [0.717, 1.165) is 23.2 Å². The van der Waals surface area contributed by atoms with E-state index in [0.29, 0.717) is 17.6 Å². The molecule has 144 valence electrons. The van der Waals surface area contributed by atoms with Crippen LogP contribution in [0.5, 0.6) is 5.75 Å². The smallest absolute Gasteiger partial charge is 0.261 e. The van der Waals surface area contributed by atoms with Gasteiger partial charge in [0.2, 0.25) is 5.13 Å². The highest BCUT2D eigenvalue weighted by Gasteiger charge is 2.16. The molecule has 7 nitrogen and oxygen atoms in total. The molecular weight excluding hydrogens is 390 g/mol. The summed E-state index contributed by atoms with van der Waals surface area (Å²) in [6, 6.07) is 6.24. The first-order valence-electron chi connectivity index (χ1n) is 8.10. The largest absolute Gasteiger partial charge is 0.507 e. The molecule has 3 N–H and O–H groups in total. The minimum Gasteiger partial charge on any atom is -0.507 e. The number of nitrogens with one attached hydrogen (secondary N) is 2. The topological polar surface area (TPSA) is 104 Å². The molecule has 1 heterocycles. The number of phenolic OH excluding ortho intramolecular Hbond substituents is 1. The van der Waals surface area contributed by atoms with E-state index in [1.165, 1.54) is 23.5 Å². The SMILES string of the molecule is CCc1nnc(NC(=O)c2ccc(NC(=O)c3cc(F)cc(F)c3)cc2O)s1. The third-order valence-electron chi connectivity index (χ3n) is 3.61. The van der Waals surface area contributed by atoms with Crippen molar-refractivity contribution in [2.75, 3.05) is 10.6 Å². The summed E-state index contributed by atoms with van der Waals surface area (Å²) in [5, 5.41) is 23.8. The molecule has 10 heteroatoms. The lowest BCUT2D eigenvalue weighted by molar-refractivity contribution is 0.101. The molecule has 0 bridgehead atoms. The Bertz CT molecular complexity index is 1030. The number of amides is 2. The molecule has 0 radical (unpaired) electrons. The molecule has 0 aliphatic heterocycles. The number of hydrogen-bond donors (Lipinski definition) is 3. The molecule has 0 unspecified atom stereocenters. The van der Waals surface area contributed by atoms with Crippen LogP contribution in [-0.2, 0) is 6.42 Å². The zero-order valence-electron chi connectivity index (χ0n) is 14.5. The van der Waals surface area contributed by atoms with Crippen molar-refractivity contribution in [2.24, 2.45) is 0 Å². The molecule has 1 aromatic heterocycles. The van der Waals surface area contributed by atoms with E-state index in [-0.39, 0.29) is 22.6 Å². The summed E-state index contributed by atoms with van der Waals surface area (Å²) in [5.74, 6) is -3.52. The maximum atomic E-state index is 13.2. The lowest BCUT2D eigenvalue weighted by Gasteiger charge is -2.09. The number of halogens is 2. The minimum absolute atomic E-state index is 0.0388. The van der Waals surface area contributed by atoms with Gasteiger partial charge in [0.1, 0.15) is 22.4 Å². The normalized spacial score (nSPS) is 10.5. The molecule has 2 amide bonds. The maximum Gasteiger partial charge on any atom is 0.261 e. The van der Waals surface area contributed by atoms with Crippen LogP contribution in [0.15, 0.2) is 36.4 Å². The van der Waals surface area contributed by atoms with Crippen molar-refractivity contribution in [1.29, 1.82) is 0 Å². The number of anilines is 2. The van der Waals surface area contributed by atoms with Gasteiger partial charge in [-0.15, -0.1) is 10.2 Å². The first-order valence-corrected chi connectivity index (χ1v) is 8.91. The van der Waals surface area contributed by atoms with Crippen molar-refractivity contribution in [3.63, 3.8) is 0 Å². The molecule has 0 aliphatic carbocycles. The molecule has 3 aromatic rings. The van der Waals surface area contributed by atoms with Gasteiger partial charge in [0.25, 0.3) is 11.8 Å². The fourth-order valence-electron chi connectivity index (χ4n) is 2.30. The van der Waals surface area contributed by atoms with Gasteiger partial charge in [0.05, 0.1) is 5.56 Å². The number of aromatic hydroxyl groups is 1. The third kappa shape index (κ3) is 4.46. The van der Waals surface area contributed by atoms with Crippen LogP contribution in [-0.4, -0.2) is 27.1 Å². The number of carbonyl (C=O) groups is 2. The lowest BCUT2D eigenvalue weighted by atomic mass is 10.1. The second-order valence-electron chi connectivity index (χ2n) is 5.65. The molecule has 0 aliphatic rings. The highest BCUT2D eigenvalue weighted by molar-refractivity contribution is 7.15. The number of carbonyl (C=O) groups excluding carboxylic acids is 2. The maximum absolute atomic E-state index is 13.2. The van der Waals surface area contributed by atoms with Crippen molar-refractivity contribution in [1.82, 2.24) is 10.2 Å². The monoisotopic (exact) mass is 404 g/mol. The average Bonchev–Trinajstić information content (AvgIpc) is 3.08. The van der Waals surface area contributed by atoms with Crippen LogP contribution in [0.1, 0.15) is 32.6 Å². The molecule has 2 aromatic carbocycles. The molecule has 0 saturated carbocycles. The van der Waals surface area contributed by atoms with Crippen molar-refractivity contribution in [2.45, 2.75) is 13.3 Å². The van der Waals surface area contributed by atoms with Crippen molar-refractivity contribution in [3.05, 3.63) is 64.2 Å². The number of hydrogen-bond acceptors (Lipinski definition) is 6. The van der Waals surface area contributed by atoms with Crippen molar-refractivity contribution < 1.29 is 23.5 Å². The first kappa shape index (κ1) is 19.4. The summed E-state index contributed by atoms with van der Waals surface area (Å²) in [4.78, 5) is 24.4. The Labute approximate surface area is 162 Å². The summed E-state index contributed by atoms with van der Waals surface area (Å²) in [5.41, 5.74) is -0.113. The molecule has 0 atom stereocenters. The van der Waals surface area contributed by atoms with Gasteiger partial charge in [-0.3, -0.25) is 14.9 Å². The van der Waals surface area contributed by atoms with Gasteiger partial charge in [-0.05, 0) is 30.7 Å². The van der Waals surface area contributed by atoms with Gasteiger partial charge in [0, 0.05) is 23.4 Å². The quantitative estimate of drug-likeness (QED) is 0.603. The molecule has 0 fully saturated rings. The van der Waals surface area contributed by atoms with Crippen molar-refractivity contribution >= 4 is 34.0 Å². The van der Waals surface area contributed by atoms with Gasteiger partial charge >= 0.3 is 0 Å². The second-order valence-corrected chi connectivity index (χ2v) is 6.71. The van der Waals surface area contributed by atoms with Gasteiger partial charge < -0.3 is 10.4 Å². The van der Waals surface area contributed by atoms with E-state index < -0.39 is 23.4 Å². The third-order valence-corrected chi connectivity index (χ3v) is 4.60. The van der Waals surface area contributed by atoms with E-state index in [1.54, 1.807) is 0 Å². The first-order chi connectivity index (χ1) is 13.4. The molecule has 0 spiro atoms. The Kier molecular flexibility index (Phi) is 5.59. The van der Waals surface area contributed by atoms with E-state index in [1.807, 2.05) is 6.92 Å².